The first-order valence-corrected chi connectivity index (χ1v) is 8.45. The van der Waals surface area contributed by atoms with Crippen LogP contribution in [0.4, 0.5) is 10.5 Å². The monoisotopic (exact) mass is 347 g/mol. The van der Waals surface area contributed by atoms with Crippen LogP contribution in [0.1, 0.15) is 44.0 Å². The smallest absolute Gasteiger partial charge is 0.321 e. The summed E-state index contributed by atoms with van der Waals surface area (Å²) in [5.74, 6) is -1.04. The molecule has 2 rings (SSSR count). The molecule has 1 aromatic rings. The van der Waals surface area contributed by atoms with Crippen molar-refractivity contribution in [3.05, 3.63) is 29.8 Å². The van der Waals surface area contributed by atoms with Crippen molar-refractivity contribution in [2.75, 3.05) is 18.4 Å². The summed E-state index contributed by atoms with van der Waals surface area (Å²) >= 11 is 0. The number of rotatable bonds is 5. The molecule has 1 saturated heterocycles. The van der Waals surface area contributed by atoms with Gasteiger partial charge in [-0.3, -0.25) is 9.59 Å². The van der Waals surface area contributed by atoms with Crippen LogP contribution in [0.5, 0.6) is 0 Å². The third-order valence-electron chi connectivity index (χ3n) is 4.67. The molecule has 0 bridgehead atoms. The zero-order valence-corrected chi connectivity index (χ0v) is 14.8. The Morgan fingerprint density at radius 1 is 1.28 bits per heavy atom. The van der Waals surface area contributed by atoms with Gasteiger partial charge in [0.05, 0.1) is 5.41 Å². The molecule has 1 aromatic carbocycles. The van der Waals surface area contributed by atoms with Crippen molar-refractivity contribution >= 4 is 23.6 Å². The molecule has 1 fully saturated rings. The lowest BCUT2D eigenvalue weighted by atomic mass is 9.90. The number of carbonyl (C=O) groups is 3. The molecule has 2 unspecified atom stereocenters. The summed E-state index contributed by atoms with van der Waals surface area (Å²) in [6, 6.07) is 6.40. The van der Waals surface area contributed by atoms with Gasteiger partial charge in [-0.25, -0.2) is 4.79 Å². The van der Waals surface area contributed by atoms with Gasteiger partial charge in [0.25, 0.3) is 5.91 Å². The van der Waals surface area contributed by atoms with Crippen LogP contribution in [0, 0.1) is 5.41 Å². The molecular formula is C18H25N3O4. The van der Waals surface area contributed by atoms with E-state index in [1.807, 2.05) is 13.8 Å². The van der Waals surface area contributed by atoms with Gasteiger partial charge in [0.15, 0.2) is 0 Å². The maximum Gasteiger partial charge on any atom is 0.321 e. The molecule has 0 aliphatic carbocycles. The number of aliphatic carboxylic acids is 1. The maximum atomic E-state index is 12.3. The van der Waals surface area contributed by atoms with Crippen molar-refractivity contribution in [3.63, 3.8) is 0 Å². The number of anilines is 1. The van der Waals surface area contributed by atoms with E-state index in [2.05, 4.69) is 10.6 Å². The van der Waals surface area contributed by atoms with Gasteiger partial charge >= 0.3 is 12.0 Å². The van der Waals surface area contributed by atoms with E-state index >= 15 is 0 Å². The second-order valence-electron chi connectivity index (χ2n) is 6.83. The van der Waals surface area contributed by atoms with Gasteiger partial charge in [0.2, 0.25) is 0 Å². The van der Waals surface area contributed by atoms with Crippen molar-refractivity contribution < 1.29 is 19.5 Å². The summed E-state index contributed by atoms with van der Waals surface area (Å²) < 4.78 is 0. The Hall–Kier alpha value is -2.57. The fraction of sp³-hybridized carbons (Fsp3) is 0.500. The topological polar surface area (TPSA) is 98.7 Å². The number of hydrogen-bond donors (Lipinski definition) is 3. The van der Waals surface area contributed by atoms with Crippen LogP contribution in [0.25, 0.3) is 0 Å². The molecule has 25 heavy (non-hydrogen) atoms. The number of hydrogen-bond acceptors (Lipinski definition) is 3. The number of amides is 3. The Bertz CT molecular complexity index is 659. The molecule has 3 N–H and O–H groups in total. The molecule has 1 aliphatic heterocycles. The summed E-state index contributed by atoms with van der Waals surface area (Å²) in [6.07, 6.45) is 1.29. The second kappa shape index (κ2) is 7.55. The summed E-state index contributed by atoms with van der Waals surface area (Å²) in [7, 11) is 0. The van der Waals surface area contributed by atoms with Crippen molar-refractivity contribution in [1.29, 1.82) is 0 Å². The molecule has 3 amide bonds. The average Bonchev–Trinajstić information content (AvgIpc) is 2.99. The van der Waals surface area contributed by atoms with Gasteiger partial charge in [-0.05, 0) is 51.0 Å². The summed E-state index contributed by atoms with van der Waals surface area (Å²) in [5, 5.41) is 14.8. The van der Waals surface area contributed by atoms with E-state index in [1.54, 1.807) is 31.2 Å². The van der Waals surface area contributed by atoms with Crippen LogP contribution in [-0.4, -0.2) is 47.0 Å². The zero-order chi connectivity index (χ0) is 18.6. The van der Waals surface area contributed by atoms with Gasteiger partial charge < -0.3 is 20.6 Å². The number of benzene rings is 1. The first-order chi connectivity index (χ1) is 11.7. The molecule has 7 heteroatoms. The van der Waals surface area contributed by atoms with Crippen molar-refractivity contribution in [2.45, 2.75) is 39.7 Å². The lowest BCUT2D eigenvalue weighted by molar-refractivity contribution is -0.146. The van der Waals surface area contributed by atoms with Gasteiger partial charge in [-0.1, -0.05) is 6.92 Å². The maximum absolute atomic E-state index is 12.3. The standard InChI is InChI=1S/C18H25N3O4/c1-4-12(2)19-15(22)13-5-7-14(8-6-13)20-17(25)21-10-9-18(3,11-21)16(23)24/h5-8,12H,4,9-11H2,1-3H3,(H,19,22)(H,20,25)(H,23,24). The molecule has 2 atom stereocenters. The van der Waals surface area contributed by atoms with Gasteiger partial charge in [0, 0.05) is 30.4 Å². The second-order valence-corrected chi connectivity index (χ2v) is 6.83. The minimum atomic E-state index is -0.894. The molecule has 0 aromatic heterocycles. The highest BCUT2D eigenvalue weighted by molar-refractivity contribution is 5.95. The van der Waals surface area contributed by atoms with Crippen molar-refractivity contribution in [1.82, 2.24) is 10.2 Å². The molecule has 7 nitrogen and oxygen atoms in total. The first-order valence-electron chi connectivity index (χ1n) is 8.45. The Morgan fingerprint density at radius 2 is 1.92 bits per heavy atom. The third kappa shape index (κ3) is 4.49. The van der Waals surface area contributed by atoms with Crippen molar-refractivity contribution in [2.24, 2.45) is 5.41 Å². The van der Waals surface area contributed by atoms with Crippen LogP contribution in [0.3, 0.4) is 0 Å². The third-order valence-corrected chi connectivity index (χ3v) is 4.67. The average molecular weight is 347 g/mol. The number of carboxylic acids is 1. The van der Waals surface area contributed by atoms with E-state index in [0.717, 1.165) is 6.42 Å². The SMILES string of the molecule is CCC(C)NC(=O)c1ccc(NC(=O)N2CCC(C)(C(=O)O)C2)cc1. The summed E-state index contributed by atoms with van der Waals surface area (Å²) in [5.41, 5.74) is 0.196. The van der Waals surface area contributed by atoms with Crippen LogP contribution in [0.2, 0.25) is 0 Å². The highest BCUT2D eigenvalue weighted by Crippen LogP contribution is 2.30. The minimum absolute atomic E-state index is 0.102. The number of nitrogens with one attached hydrogen (secondary N) is 2. The lowest BCUT2D eigenvalue weighted by Crippen LogP contribution is -2.37. The number of carboxylic acid groups (broad SMARTS) is 1. The Morgan fingerprint density at radius 3 is 2.44 bits per heavy atom. The highest BCUT2D eigenvalue weighted by Gasteiger charge is 2.42. The molecule has 1 aliphatic rings. The van der Waals surface area contributed by atoms with Crippen molar-refractivity contribution in [3.8, 4) is 0 Å². The molecule has 0 saturated carbocycles. The molecule has 1 heterocycles. The largest absolute Gasteiger partial charge is 0.481 e. The Labute approximate surface area is 147 Å². The molecule has 0 radical (unpaired) electrons. The Kier molecular flexibility index (Phi) is 5.66. The minimum Gasteiger partial charge on any atom is -0.481 e. The lowest BCUT2D eigenvalue weighted by Gasteiger charge is -2.20. The number of likely N-dealkylation sites (tertiary alicyclic amines) is 1. The predicted octanol–water partition coefficient (Wildman–Crippen LogP) is 2.54. The fourth-order valence-corrected chi connectivity index (χ4v) is 2.63. The Balaban J connectivity index is 1.94. The van der Waals surface area contributed by atoms with E-state index < -0.39 is 11.4 Å². The zero-order valence-electron chi connectivity index (χ0n) is 14.8. The molecule has 136 valence electrons. The number of urea groups is 1. The van der Waals surface area contributed by atoms with Crippen LogP contribution in [-0.2, 0) is 4.79 Å². The van der Waals surface area contributed by atoms with E-state index in [9.17, 15) is 19.5 Å². The molecule has 0 spiro atoms. The van der Waals surface area contributed by atoms with E-state index in [4.69, 9.17) is 0 Å². The normalized spacial score (nSPS) is 20.8. The van der Waals surface area contributed by atoms with Gasteiger partial charge in [0.1, 0.15) is 0 Å². The summed E-state index contributed by atoms with van der Waals surface area (Å²) in [6.45, 7) is 6.17. The number of nitrogens with zero attached hydrogens (tertiary/aromatic N) is 1. The fourth-order valence-electron chi connectivity index (χ4n) is 2.63. The van der Waals surface area contributed by atoms with E-state index in [-0.39, 0.29) is 24.5 Å². The molecular weight excluding hydrogens is 322 g/mol. The van der Waals surface area contributed by atoms with E-state index in [1.165, 1.54) is 4.90 Å². The van der Waals surface area contributed by atoms with Gasteiger partial charge in [-0.15, -0.1) is 0 Å². The van der Waals surface area contributed by atoms with Crippen LogP contribution < -0.4 is 10.6 Å². The van der Waals surface area contributed by atoms with Gasteiger partial charge in [-0.2, -0.15) is 0 Å². The van der Waals surface area contributed by atoms with Crippen LogP contribution >= 0.6 is 0 Å². The predicted molar refractivity (Wildman–Crippen MR) is 94.6 cm³/mol. The summed E-state index contributed by atoms with van der Waals surface area (Å²) in [4.78, 5) is 37.1. The quantitative estimate of drug-likeness (QED) is 0.762. The first kappa shape index (κ1) is 18.8. The van der Waals surface area contributed by atoms with E-state index in [0.29, 0.717) is 24.2 Å². The number of carbonyl (C=O) groups excluding carboxylic acids is 2. The highest BCUT2D eigenvalue weighted by atomic mass is 16.4. The van der Waals surface area contributed by atoms with Crippen LogP contribution in [0.15, 0.2) is 24.3 Å².